The second kappa shape index (κ2) is 27.1. The van der Waals surface area contributed by atoms with Crippen molar-refractivity contribution in [2.75, 3.05) is 40.8 Å². The SMILES string of the molecule is CC.CNCC[C@H](Oc1cccc2ccccc12)c1cccs1.CNCC[C@H](Oc1cccc2ccccc12)c1cccs1.CNCC[C@H](Oc1cccc2ccccc12)c1cccs1. The summed E-state index contributed by atoms with van der Waals surface area (Å²) in [4.78, 5) is 3.83. The third-order valence-electron chi connectivity index (χ3n) is 10.6. The fourth-order valence-corrected chi connectivity index (χ4v) is 9.75. The molecular formula is C56H63N3O3S3. The Morgan fingerprint density at radius 1 is 0.354 bits per heavy atom. The van der Waals surface area contributed by atoms with Crippen LogP contribution in [0.3, 0.4) is 0 Å². The topological polar surface area (TPSA) is 63.8 Å². The summed E-state index contributed by atoms with van der Waals surface area (Å²) in [5.74, 6) is 2.88. The molecule has 6 aromatic carbocycles. The molecule has 338 valence electrons. The molecule has 3 aromatic heterocycles. The van der Waals surface area contributed by atoms with Gasteiger partial charge in [0.15, 0.2) is 0 Å². The van der Waals surface area contributed by atoms with Gasteiger partial charge in [-0.2, -0.15) is 0 Å². The average molecular weight is 922 g/mol. The monoisotopic (exact) mass is 921 g/mol. The Kier molecular flexibility index (Phi) is 20.4. The molecule has 0 aliphatic carbocycles. The van der Waals surface area contributed by atoms with E-state index in [9.17, 15) is 0 Å². The van der Waals surface area contributed by atoms with E-state index in [1.165, 1.54) is 46.9 Å². The number of thiophene rings is 3. The van der Waals surface area contributed by atoms with Crippen molar-refractivity contribution in [3.05, 3.63) is 195 Å². The molecule has 0 unspecified atom stereocenters. The zero-order valence-corrected chi connectivity index (χ0v) is 40.7. The smallest absolute Gasteiger partial charge is 0.134 e. The number of hydrogen-bond acceptors (Lipinski definition) is 9. The molecule has 0 bridgehead atoms. The molecule has 65 heavy (non-hydrogen) atoms. The number of benzene rings is 6. The van der Waals surface area contributed by atoms with Gasteiger partial charge in [0.25, 0.3) is 0 Å². The Labute approximate surface area is 398 Å². The van der Waals surface area contributed by atoms with Gasteiger partial charge in [0.1, 0.15) is 35.6 Å². The fraction of sp³-hybridized carbons (Fsp3) is 0.250. The number of hydrogen-bond donors (Lipinski definition) is 3. The molecule has 0 fully saturated rings. The molecule has 0 amide bonds. The lowest BCUT2D eigenvalue weighted by Crippen LogP contribution is -2.15. The lowest BCUT2D eigenvalue weighted by atomic mass is 10.1. The van der Waals surface area contributed by atoms with Crippen LogP contribution in [0.4, 0.5) is 0 Å². The van der Waals surface area contributed by atoms with Crippen LogP contribution in [0.5, 0.6) is 17.2 Å². The molecule has 6 nitrogen and oxygen atoms in total. The summed E-state index contributed by atoms with van der Waals surface area (Å²) in [5.41, 5.74) is 0. The Morgan fingerprint density at radius 3 is 0.892 bits per heavy atom. The second-order valence-corrected chi connectivity index (χ2v) is 17.9. The van der Waals surface area contributed by atoms with Crippen LogP contribution in [0.2, 0.25) is 0 Å². The third-order valence-corrected chi connectivity index (χ3v) is 13.5. The summed E-state index contributed by atoms with van der Waals surface area (Å²) < 4.78 is 19.0. The van der Waals surface area contributed by atoms with Gasteiger partial charge in [-0.05, 0) is 109 Å². The summed E-state index contributed by atoms with van der Waals surface area (Å²) >= 11 is 5.26. The van der Waals surface area contributed by atoms with Crippen LogP contribution in [-0.2, 0) is 0 Å². The highest BCUT2D eigenvalue weighted by molar-refractivity contribution is 7.10. The first-order valence-electron chi connectivity index (χ1n) is 22.6. The quantitative estimate of drug-likeness (QED) is 0.0797. The number of fused-ring (bicyclic) bond motifs is 3. The van der Waals surface area contributed by atoms with Gasteiger partial charge in [-0.3, -0.25) is 0 Å². The Balaban J connectivity index is 0.000000158. The van der Waals surface area contributed by atoms with Crippen LogP contribution in [0.1, 0.15) is 66.1 Å². The van der Waals surface area contributed by atoms with Crippen LogP contribution < -0.4 is 30.2 Å². The van der Waals surface area contributed by atoms with Gasteiger partial charge in [-0.15, -0.1) is 34.0 Å². The van der Waals surface area contributed by atoms with Crippen molar-refractivity contribution >= 4 is 66.3 Å². The number of ether oxygens (including phenoxy) is 3. The van der Waals surface area contributed by atoms with Gasteiger partial charge in [-0.25, -0.2) is 0 Å². The zero-order chi connectivity index (χ0) is 45.5. The molecule has 0 spiro atoms. The van der Waals surface area contributed by atoms with Crippen LogP contribution in [0.15, 0.2) is 180 Å². The van der Waals surface area contributed by atoms with Crippen LogP contribution in [0.25, 0.3) is 32.3 Å². The molecule has 9 heteroatoms. The molecule has 0 saturated heterocycles. The first-order valence-corrected chi connectivity index (χ1v) is 25.3. The van der Waals surface area contributed by atoms with Crippen molar-refractivity contribution in [1.29, 1.82) is 0 Å². The molecule has 0 aliphatic heterocycles. The van der Waals surface area contributed by atoms with Crippen molar-refractivity contribution in [2.45, 2.75) is 51.4 Å². The first-order chi connectivity index (χ1) is 32.1. The molecule has 3 heterocycles. The molecular weight excluding hydrogens is 859 g/mol. The molecule has 3 N–H and O–H groups in total. The highest BCUT2D eigenvalue weighted by atomic mass is 32.1. The summed E-state index contributed by atoms with van der Waals surface area (Å²) in [5, 5.41) is 23.1. The standard InChI is InChI=1S/3C18H19NOS.C2H6/c3*1-19-12-11-17(18-10-5-13-21-18)20-16-9-4-7-14-6-2-3-8-15(14)16;1-2/h3*2-10,13,17,19H,11-12H2,1H3;1-2H3/t3*17-;/m000./s1. The van der Waals surface area contributed by atoms with Gasteiger partial charge in [0.05, 0.1) is 0 Å². The zero-order valence-electron chi connectivity index (χ0n) is 38.2. The van der Waals surface area contributed by atoms with Crippen molar-refractivity contribution in [3.8, 4) is 17.2 Å². The predicted octanol–water partition coefficient (Wildman–Crippen LogP) is 14.9. The van der Waals surface area contributed by atoms with E-state index in [1.54, 1.807) is 34.0 Å². The Morgan fingerprint density at radius 2 is 0.631 bits per heavy atom. The molecule has 0 aliphatic rings. The highest BCUT2D eigenvalue weighted by Gasteiger charge is 2.18. The van der Waals surface area contributed by atoms with Crippen molar-refractivity contribution in [1.82, 2.24) is 16.0 Å². The van der Waals surface area contributed by atoms with E-state index >= 15 is 0 Å². The van der Waals surface area contributed by atoms with E-state index in [-0.39, 0.29) is 18.3 Å². The van der Waals surface area contributed by atoms with Crippen LogP contribution in [-0.4, -0.2) is 40.8 Å². The van der Waals surface area contributed by atoms with Crippen LogP contribution in [0, 0.1) is 0 Å². The van der Waals surface area contributed by atoms with Crippen molar-refractivity contribution in [2.24, 2.45) is 0 Å². The normalized spacial score (nSPS) is 12.1. The van der Waals surface area contributed by atoms with E-state index in [0.717, 1.165) is 56.1 Å². The van der Waals surface area contributed by atoms with E-state index in [1.807, 2.05) is 35.0 Å². The van der Waals surface area contributed by atoms with Gasteiger partial charge in [0.2, 0.25) is 0 Å². The minimum absolute atomic E-state index is 0.100. The van der Waals surface area contributed by atoms with E-state index < -0.39 is 0 Å². The lowest BCUT2D eigenvalue weighted by molar-refractivity contribution is 0.201. The van der Waals surface area contributed by atoms with E-state index in [0.29, 0.717) is 0 Å². The average Bonchev–Trinajstić information content (AvgIpc) is 4.21. The maximum Gasteiger partial charge on any atom is 0.134 e. The predicted molar refractivity (Wildman–Crippen MR) is 282 cm³/mol. The molecule has 9 aromatic rings. The molecule has 0 radical (unpaired) electrons. The van der Waals surface area contributed by atoms with Crippen molar-refractivity contribution < 1.29 is 14.2 Å². The number of nitrogens with one attached hydrogen (secondary N) is 3. The van der Waals surface area contributed by atoms with Gasteiger partial charge in [-0.1, -0.05) is 141 Å². The molecule has 9 rings (SSSR count). The summed E-state index contributed by atoms with van der Waals surface area (Å²) in [6, 6.07) is 56.5. The highest BCUT2D eigenvalue weighted by Crippen LogP contribution is 2.35. The van der Waals surface area contributed by atoms with Crippen LogP contribution >= 0.6 is 34.0 Å². The van der Waals surface area contributed by atoms with Gasteiger partial charge in [0, 0.05) is 50.1 Å². The Bertz CT molecular complexity index is 2360. The summed E-state index contributed by atoms with van der Waals surface area (Å²) in [6.45, 7) is 6.81. The summed E-state index contributed by atoms with van der Waals surface area (Å²) in [6.07, 6.45) is 3.18. The fourth-order valence-electron chi connectivity index (χ4n) is 7.38. The largest absolute Gasteiger partial charge is 0.484 e. The van der Waals surface area contributed by atoms with E-state index in [2.05, 4.69) is 196 Å². The second-order valence-electron chi connectivity index (χ2n) is 15.0. The molecule has 3 atom stereocenters. The maximum absolute atomic E-state index is 6.34. The Hall–Kier alpha value is -5.52. The minimum atomic E-state index is 0.100. The third kappa shape index (κ3) is 14.2. The minimum Gasteiger partial charge on any atom is -0.484 e. The maximum atomic E-state index is 6.34. The van der Waals surface area contributed by atoms with E-state index in [4.69, 9.17) is 14.2 Å². The summed E-state index contributed by atoms with van der Waals surface area (Å²) in [7, 11) is 5.93. The van der Waals surface area contributed by atoms with Crippen molar-refractivity contribution in [3.63, 3.8) is 0 Å². The number of rotatable bonds is 18. The lowest BCUT2D eigenvalue weighted by Gasteiger charge is -2.19. The van der Waals surface area contributed by atoms with Gasteiger partial charge >= 0.3 is 0 Å². The first kappa shape index (κ1) is 48.9. The van der Waals surface area contributed by atoms with Gasteiger partial charge < -0.3 is 30.2 Å². The molecule has 0 saturated carbocycles.